The van der Waals surface area contributed by atoms with Crippen molar-refractivity contribution < 1.29 is 14.3 Å². The van der Waals surface area contributed by atoms with E-state index in [9.17, 15) is 14.4 Å². The normalized spacial score (nSPS) is 12.9. The van der Waals surface area contributed by atoms with E-state index in [4.69, 9.17) is 16.3 Å². The third-order valence-corrected chi connectivity index (χ3v) is 6.15. The predicted molar refractivity (Wildman–Crippen MR) is 107 cm³/mol. The number of halogens is 1. The molecule has 1 aliphatic carbocycles. The fourth-order valence-corrected chi connectivity index (χ4v) is 4.74. The lowest BCUT2D eigenvalue weighted by molar-refractivity contribution is -0.145. The summed E-state index contributed by atoms with van der Waals surface area (Å²) in [5.41, 5.74) is 1.42. The zero-order chi connectivity index (χ0) is 19.7. The second-order valence-corrected chi connectivity index (χ2v) is 8.16. The average Bonchev–Trinajstić information content (AvgIpc) is 3.25. The summed E-state index contributed by atoms with van der Waals surface area (Å²) < 4.78 is 5.17. The number of carbonyl (C=O) groups excluding carboxylic acids is 2. The van der Waals surface area contributed by atoms with E-state index >= 15 is 0 Å². The van der Waals surface area contributed by atoms with Crippen LogP contribution in [0.1, 0.15) is 45.9 Å². The van der Waals surface area contributed by atoms with Crippen molar-refractivity contribution in [1.82, 2.24) is 9.97 Å². The molecule has 0 spiro atoms. The minimum atomic E-state index is -0.515. The Morgan fingerprint density at radius 1 is 1.18 bits per heavy atom. The Kier molecular flexibility index (Phi) is 5.28. The van der Waals surface area contributed by atoms with Crippen LogP contribution in [0.3, 0.4) is 0 Å². The second-order valence-electron chi connectivity index (χ2n) is 6.64. The summed E-state index contributed by atoms with van der Waals surface area (Å²) in [7, 11) is 0. The van der Waals surface area contributed by atoms with E-state index in [0.717, 1.165) is 24.8 Å². The van der Waals surface area contributed by atoms with Crippen LogP contribution in [0.25, 0.3) is 10.2 Å². The number of hydrogen-bond donors (Lipinski definition) is 1. The fraction of sp³-hybridized carbons (Fsp3) is 0.300. The van der Waals surface area contributed by atoms with Crippen molar-refractivity contribution in [3.8, 4) is 0 Å². The number of esters is 1. The number of rotatable bonds is 6. The van der Waals surface area contributed by atoms with E-state index < -0.39 is 5.97 Å². The number of aryl methyl sites for hydroxylation is 2. The van der Waals surface area contributed by atoms with Gasteiger partial charge >= 0.3 is 5.97 Å². The van der Waals surface area contributed by atoms with Crippen molar-refractivity contribution in [2.24, 2.45) is 0 Å². The van der Waals surface area contributed by atoms with Crippen molar-refractivity contribution in [1.29, 1.82) is 0 Å². The maximum atomic E-state index is 12.4. The minimum Gasteiger partial charge on any atom is -0.458 e. The number of nitrogens with zero attached hydrogens (tertiary/aromatic N) is 1. The Morgan fingerprint density at radius 2 is 1.96 bits per heavy atom. The van der Waals surface area contributed by atoms with Crippen molar-refractivity contribution in [2.75, 3.05) is 0 Å². The van der Waals surface area contributed by atoms with Gasteiger partial charge in [0.1, 0.15) is 17.3 Å². The summed E-state index contributed by atoms with van der Waals surface area (Å²) in [5, 5.41) is 1.21. The highest BCUT2D eigenvalue weighted by molar-refractivity contribution is 7.18. The van der Waals surface area contributed by atoms with E-state index in [1.165, 1.54) is 16.2 Å². The molecule has 0 saturated carbocycles. The molecule has 4 rings (SSSR count). The van der Waals surface area contributed by atoms with Crippen LogP contribution in [0.4, 0.5) is 0 Å². The van der Waals surface area contributed by atoms with E-state index in [0.29, 0.717) is 26.6 Å². The van der Waals surface area contributed by atoms with Crippen LogP contribution in [-0.4, -0.2) is 21.7 Å². The maximum absolute atomic E-state index is 12.4. The van der Waals surface area contributed by atoms with Crippen LogP contribution < -0.4 is 5.56 Å². The van der Waals surface area contributed by atoms with Crippen molar-refractivity contribution in [3.05, 3.63) is 61.5 Å². The summed E-state index contributed by atoms with van der Waals surface area (Å²) in [6.07, 6.45) is 2.98. The van der Waals surface area contributed by atoms with Crippen molar-refractivity contribution >= 4 is 44.9 Å². The average molecular weight is 417 g/mol. The van der Waals surface area contributed by atoms with Gasteiger partial charge < -0.3 is 9.72 Å². The van der Waals surface area contributed by atoms with Crippen molar-refractivity contribution in [3.63, 3.8) is 0 Å². The summed E-state index contributed by atoms with van der Waals surface area (Å²) >= 11 is 7.33. The molecule has 0 radical (unpaired) electrons. The first kappa shape index (κ1) is 18.8. The smallest absolute Gasteiger partial charge is 0.306 e. The van der Waals surface area contributed by atoms with Gasteiger partial charge in [0.25, 0.3) is 5.56 Å². The monoisotopic (exact) mass is 416 g/mol. The molecule has 0 unspecified atom stereocenters. The third-order valence-electron chi connectivity index (χ3n) is 4.72. The van der Waals surface area contributed by atoms with Gasteiger partial charge in [0.15, 0.2) is 5.78 Å². The number of nitrogens with one attached hydrogen (secondary N) is 1. The number of aromatic nitrogens is 2. The zero-order valence-electron chi connectivity index (χ0n) is 14.9. The summed E-state index contributed by atoms with van der Waals surface area (Å²) in [6, 6.07) is 6.51. The molecule has 144 valence electrons. The molecule has 0 aliphatic heterocycles. The topological polar surface area (TPSA) is 89.1 Å². The predicted octanol–water partition coefficient (Wildman–Crippen LogP) is 3.83. The number of thiophene rings is 1. The SMILES string of the molecule is O=C(CCC(=O)c1ccc(Cl)cc1)OCc1nc2sc3c(c2c(=O)[nH]1)CCC3. The first-order valence-electron chi connectivity index (χ1n) is 8.99. The Morgan fingerprint density at radius 3 is 2.75 bits per heavy atom. The van der Waals surface area contributed by atoms with Gasteiger partial charge in [-0.25, -0.2) is 4.98 Å². The van der Waals surface area contributed by atoms with Crippen LogP contribution in [0.15, 0.2) is 29.1 Å². The molecule has 28 heavy (non-hydrogen) atoms. The molecule has 2 heterocycles. The Balaban J connectivity index is 1.35. The summed E-state index contributed by atoms with van der Waals surface area (Å²) in [4.78, 5) is 45.5. The van der Waals surface area contributed by atoms with Gasteiger partial charge in [-0.05, 0) is 49.1 Å². The molecular formula is C20H17ClN2O4S. The number of ether oxygens (including phenoxy) is 1. The number of hydrogen-bond acceptors (Lipinski definition) is 6. The number of carbonyl (C=O) groups is 2. The summed E-state index contributed by atoms with van der Waals surface area (Å²) in [6.45, 7) is -0.123. The van der Waals surface area contributed by atoms with Gasteiger partial charge in [-0.2, -0.15) is 0 Å². The maximum Gasteiger partial charge on any atom is 0.306 e. The number of fused-ring (bicyclic) bond motifs is 3. The Labute approximate surface area is 169 Å². The Hall–Kier alpha value is -2.51. The highest BCUT2D eigenvalue weighted by Crippen LogP contribution is 2.34. The largest absolute Gasteiger partial charge is 0.458 e. The van der Waals surface area contributed by atoms with Crippen molar-refractivity contribution in [2.45, 2.75) is 38.7 Å². The van der Waals surface area contributed by atoms with Gasteiger partial charge in [0.2, 0.25) is 0 Å². The molecule has 3 aromatic rings. The quantitative estimate of drug-likeness (QED) is 0.487. The molecular weight excluding hydrogens is 400 g/mol. The van der Waals surface area contributed by atoms with E-state index in [2.05, 4.69) is 9.97 Å². The number of aromatic amines is 1. The second kappa shape index (κ2) is 7.85. The minimum absolute atomic E-state index is 0.0404. The number of H-pyrrole nitrogens is 1. The molecule has 0 amide bonds. The molecule has 0 bridgehead atoms. The summed E-state index contributed by atoms with van der Waals surface area (Å²) in [5.74, 6) is -0.358. The third kappa shape index (κ3) is 3.86. The standard InChI is InChI=1S/C20H17ClN2O4S/c21-12-6-4-11(5-7-12)14(24)8-9-17(25)27-10-16-22-19(26)18-13-2-1-3-15(13)28-20(18)23-16/h4-7H,1-3,8-10H2,(H,22,23,26). The molecule has 0 saturated heterocycles. The highest BCUT2D eigenvalue weighted by atomic mass is 35.5. The van der Waals surface area contributed by atoms with Crippen LogP contribution in [0.2, 0.25) is 5.02 Å². The Bertz CT molecular complexity index is 1120. The zero-order valence-corrected chi connectivity index (χ0v) is 16.5. The van der Waals surface area contributed by atoms with E-state index in [1.807, 2.05) is 0 Å². The molecule has 8 heteroatoms. The molecule has 1 aromatic carbocycles. The fourth-order valence-electron chi connectivity index (χ4n) is 3.33. The van der Waals surface area contributed by atoms with Gasteiger partial charge in [-0.1, -0.05) is 11.6 Å². The molecule has 2 aromatic heterocycles. The number of ketones is 1. The lowest BCUT2D eigenvalue weighted by Gasteiger charge is -2.05. The lowest BCUT2D eigenvalue weighted by atomic mass is 10.1. The molecule has 6 nitrogen and oxygen atoms in total. The van der Waals surface area contributed by atoms with Crippen LogP contribution in [-0.2, 0) is 29.0 Å². The van der Waals surface area contributed by atoms with Gasteiger partial charge in [-0.3, -0.25) is 14.4 Å². The molecule has 1 aliphatic rings. The highest BCUT2D eigenvalue weighted by Gasteiger charge is 2.21. The first-order valence-corrected chi connectivity index (χ1v) is 10.2. The van der Waals surface area contributed by atoms with Gasteiger partial charge in [0, 0.05) is 21.9 Å². The first-order chi connectivity index (χ1) is 13.5. The van der Waals surface area contributed by atoms with E-state index in [-0.39, 0.29) is 30.8 Å². The van der Waals surface area contributed by atoms with E-state index in [1.54, 1.807) is 24.3 Å². The van der Waals surface area contributed by atoms with Gasteiger partial charge in [0.05, 0.1) is 11.8 Å². The van der Waals surface area contributed by atoms with Gasteiger partial charge in [-0.15, -0.1) is 11.3 Å². The lowest BCUT2D eigenvalue weighted by Crippen LogP contribution is -2.15. The van der Waals surface area contributed by atoms with Crippen LogP contribution in [0.5, 0.6) is 0 Å². The van der Waals surface area contributed by atoms with Crippen LogP contribution in [0, 0.1) is 0 Å². The molecule has 0 atom stereocenters. The number of benzene rings is 1. The van der Waals surface area contributed by atoms with Crippen LogP contribution >= 0.6 is 22.9 Å². The molecule has 1 N–H and O–H groups in total. The number of Topliss-reactive ketones (excluding diaryl/α,β-unsaturated/α-hetero) is 1. The molecule has 0 fully saturated rings.